The fourth-order valence-electron chi connectivity index (χ4n) is 1.87. The first-order valence-corrected chi connectivity index (χ1v) is 6.24. The number of nitrogens with one attached hydrogen (secondary N) is 1. The van der Waals surface area contributed by atoms with Gasteiger partial charge in [0, 0.05) is 9.79 Å². The zero-order valence-corrected chi connectivity index (χ0v) is 10.2. The molecule has 1 heterocycles. The molecule has 0 aliphatic carbocycles. The van der Waals surface area contributed by atoms with E-state index in [1.165, 1.54) is 5.56 Å². The summed E-state index contributed by atoms with van der Waals surface area (Å²) in [5, 5.41) is 2.94. The number of rotatable bonds is 0. The summed E-state index contributed by atoms with van der Waals surface area (Å²) in [5.74, 6) is -0.0301. The number of carbonyl (C=O) groups is 1. The van der Waals surface area contributed by atoms with Crippen LogP contribution in [-0.2, 0) is 0 Å². The molecule has 1 aliphatic rings. The van der Waals surface area contributed by atoms with Gasteiger partial charge in [-0.3, -0.25) is 4.79 Å². The molecule has 2 nitrogen and oxygen atoms in total. The van der Waals surface area contributed by atoms with E-state index in [0.29, 0.717) is 0 Å². The van der Waals surface area contributed by atoms with E-state index in [1.807, 2.05) is 43.3 Å². The fraction of sp³-hybridized carbons (Fsp3) is 0.0714. The van der Waals surface area contributed by atoms with E-state index in [0.717, 1.165) is 21.0 Å². The maximum Gasteiger partial charge on any atom is 0.256 e. The highest BCUT2D eigenvalue weighted by Crippen LogP contribution is 2.38. The van der Waals surface area contributed by atoms with Crippen LogP contribution < -0.4 is 5.32 Å². The van der Waals surface area contributed by atoms with Crippen molar-refractivity contribution in [2.24, 2.45) is 0 Å². The van der Waals surface area contributed by atoms with Gasteiger partial charge in [-0.1, -0.05) is 30.0 Å². The Labute approximate surface area is 104 Å². The van der Waals surface area contributed by atoms with Crippen molar-refractivity contribution in [1.82, 2.24) is 0 Å². The second kappa shape index (κ2) is 3.93. The van der Waals surface area contributed by atoms with Crippen LogP contribution >= 0.6 is 11.8 Å². The Balaban J connectivity index is 2.18. The molecule has 3 heteroatoms. The summed E-state index contributed by atoms with van der Waals surface area (Å²) in [4.78, 5) is 14.2. The lowest BCUT2D eigenvalue weighted by Gasteiger charge is -2.04. The first kappa shape index (κ1) is 10.4. The number of para-hydroxylation sites is 1. The van der Waals surface area contributed by atoms with E-state index in [9.17, 15) is 4.79 Å². The van der Waals surface area contributed by atoms with Gasteiger partial charge in [-0.25, -0.2) is 0 Å². The normalized spacial score (nSPS) is 13.4. The summed E-state index contributed by atoms with van der Waals surface area (Å²) in [5.41, 5.74) is 2.80. The number of fused-ring (bicyclic) bond motifs is 2. The highest BCUT2D eigenvalue weighted by Gasteiger charge is 2.19. The molecular formula is C14H11NOS. The zero-order valence-electron chi connectivity index (χ0n) is 9.36. The maximum absolute atomic E-state index is 12.1. The molecule has 0 spiro atoms. The van der Waals surface area contributed by atoms with Gasteiger partial charge < -0.3 is 5.32 Å². The Kier molecular flexibility index (Phi) is 2.41. The monoisotopic (exact) mass is 241 g/mol. The zero-order chi connectivity index (χ0) is 11.8. The predicted molar refractivity (Wildman–Crippen MR) is 69.7 cm³/mol. The lowest BCUT2D eigenvalue weighted by atomic mass is 10.1. The van der Waals surface area contributed by atoms with Gasteiger partial charge in [0.2, 0.25) is 0 Å². The van der Waals surface area contributed by atoms with Crippen molar-refractivity contribution in [3.63, 3.8) is 0 Å². The topological polar surface area (TPSA) is 29.1 Å². The van der Waals surface area contributed by atoms with Gasteiger partial charge in [0.15, 0.2) is 0 Å². The first-order chi connectivity index (χ1) is 8.24. The molecule has 2 aromatic rings. The second-order valence-electron chi connectivity index (χ2n) is 4.05. The van der Waals surface area contributed by atoms with Crippen molar-refractivity contribution in [3.05, 3.63) is 53.6 Å². The van der Waals surface area contributed by atoms with Crippen LogP contribution in [0.2, 0.25) is 0 Å². The Morgan fingerprint density at radius 2 is 1.88 bits per heavy atom. The molecule has 0 bridgehead atoms. The summed E-state index contributed by atoms with van der Waals surface area (Å²) in [6, 6.07) is 13.8. The highest BCUT2D eigenvalue weighted by atomic mass is 32.2. The Hall–Kier alpha value is -1.74. The molecule has 0 aromatic heterocycles. The average molecular weight is 241 g/mol. The van der Waals surface area contributed by atoms with Crippen molar-refractivity contribution in [2.75, 3.05) is 5.32 Å². The lowest BCUT2D eigenvalue weighted by molar-refractivity contribution is 0.102. The minimum Gasteiger partial charge on any atom is -0.321 e. The van der Waals surface area contributed by atoms with E-state index in [1.54, 1.807) is 11.8 Å². The van der Waals surface area contributed by atoms with E-state index in [2.05, 4.69) is 11.4 Å². The van der Waals surface area contributed by atoms with Gasteiger partial charge in [0.05, 0.1) is 11.3 Å². The Morgan fingerprint density at radius 3 is 2.76 bits per heavy atom. The SMILES string of the molecule is Cc1ccc2c(c1)Sc1ccccc1NC2=O. The molecule has 2 aromatic carbocycles. The minimum absolute atomic E-state index is 0.0301. The van der Waals surface area contributed by atoms with E-state index >= 15 is 0 Å². The number of anilines is 1. The molecule has 3 rings (SSSR count). The van der Waals surface area contributed by atoms with Crippen LogP contribution in [0.3, 0.4) is 0 Å². The van der Waals surface area contributed by atoms with Crippen molar-refractivity contribution >= 4 is 23.4 Å². The van der Waals surface area contributed by atoms with Crippen LogP contribution in [0.4, 0.5) is 5.69 Å². The predicted octanol–water partition coefficient (Wildman–Crippen LogP) is 3.71. The first-order valence-electron chi connectivity index (χ1n) is 5.43. The van der Waals surface area contributed by atoms with Gasteiger partial charge in [-0.2, -0.15) is 0 Å². The van der Waals surface area contributed by atoms with E-state index in [4.69, 9.17) is 0 Å². The third-order valence-corrected chi connectivity index (χ3v) is 3.87. The van der Waals surface area contributed by atoms with Gasteiger partial charge in [-0.15, -0.1) is 0 Å². The number of hydrogen-bond donors (Lipinski definition) is 1. The molecule has 1 amide bonds. The van der Waals surface area contributed by atoms with Crippen LogP contribution in [0, 0.1) is 6.92 Å². The average Bonchev–Trinajstić information content (AvgIpc) is 2.44. The molecule has 0 saturated carbocycles. The molecule has 0 atom stereocenters. The molecule has 84 valence electrons. The fourth-order valence-corrected chi connectivity index (χ4v) is 3.00. The summed E-state index contributed by atoms with van der Waals surface area (Å²) < 4.78 is 0. The molecule has 0 unspecified atom stereocenters. The largest absolute Gasteiger partial charge is 0.321 e. The number of aryl methyl sites for hydroxylation is 1. The van der Waals surface area contributed by atoms with Crippen molar-refractivity contribution in [2.45, 2.75) is 16.7 Å². The van der Waals surface area contributed by atoms with Crippen molar-refractivity contribution in [1.29, 1.82) is 0 Å². The van der Waals surface area contributed by atoms with Crippen LogP contribution in [-0.4, -0.2) is 5.91 Å². The molecule has 1 aliphatic heterocycles. The highest BCUT2D eigenvalue weighted by molar-refractivity contribution is 7.99. The van der Waals surface area contributed by atoms with Crippen molar-refractivity contribution in [3.8, 4) is 0 Å². The Bertz CT molecular complexity index is 607. The molecular weight excluding hydrogens is 230 g/mol. The van der Waals surface area contributed by atoms with Gasteiger partial charge in [0.25, 0.3) is 5.91 Å². The summed E-state index contributed by atoms with van der Waals surface area (Å²) in [7, 11) is 0. The van der Waals surface area contributed by atoms with Gasteiger partial charge >= 0.3 is 0 Å². The third-order valence-electron chi connectivity index (χ3n) is 2.74. The number of amides is 1. The standard InChI is InChI=1S/C14H11NOS/c1-9-6-7-10-13(8-9)17-12-5-3-2-4-11(12)15-14(10)16/h2-8H,1H3,(H,15,16). The quantitative estimate of drug-likeness (QED) is 0.761. The number of hydrogen-bond acceptors (Lipinski definition) is 2. The maximum atomic E-state index is 12.1. The smallest absolute Gasteiger partial charge is 0.256 e. The number of carbonyl (C=O) groups excluding carboxylic acids is 1. The molecule has 17 heavy (non-hydrogen) atoms. The van der Waals surface area contributed by atoms with Gasteiger partial charge in [-0.05, 0) is 36.8 Å². The van der Waals surface area contributed by atoms with Crippen LogP contribution in [0.1, 0.15) is 15.9 Å². The van der Waals surface area contributed by atoms with Crippen LogP contribution in [0.5, 0.6) is 0 Å². The van der Waals surface area contributed by atoms with Crippen LogP contribution in [0.15, 0.2) is 52.3 Å². The summed E-state index contributed by atoms with van der Waals surface area (Å²) in [6.45, 7) is 2.04. The molecule has 0 saturated heterocycles. The van der Waals surface area contributed by atoms with E-state index < -0.39 is 0 Å². The molecule has 0 fully saturated rings. The Morgan fingerprint density at radius 1 is 1.06 bits per heavy atom. The lowest BCUT2D eigenvalue weighted by Crippen LogP contribution is -2.11. The molecule has 1 N–H and O–H groups in total. The van der Waals surface area contributed by atoms with Crippen molar-refractivity contribution < 1.29 is 4.79 Å². The summed E-state index contributed by atoms with van der Waals surface area (Å²) in [6.07, 6.45) is 0. The van der Waals surface area contributed by atoms with Gasteiger partial charge in [0.1, 0.15) is 0 Å². The number of benzene rings is 2. The summed E-state index contributed by atoms with van der Waals surface area (Å²) >= 11 is 1.64. The van der Waals surface area contributed by atoms with Crippen LogP contribution in [0.25, 0.3) is 0 Å². The third kappa shape index (κ3) is 1.83. The minimum atomic E-state index is -0.0301. The molecule has 0 radical (unpaired) electrons. The second-order valence-corrected chi connectivity index (χ2v) is 5.14. The van der Waals surface area contributed by atoms with E-state index in [-0.39, 0.29) is 5.91 Å².